The molecule has 2 amide bonds. The number of benzene rings is 1. The van der Waals surface area contributed by atoms with Crippen molar-refractivity contribution in [3.05, 3.63) is 59.3 Å². The summed E-state index contributed by atoms with van der Waals surface area (Å²) >= 11 is 0. The summed E-state index contributed by atoms with van der Waals surface area (Å²) in [6, 6.07) is 7.78. The third-order valence-electron chi connectivity index (χ3n) is 7.29. The highest BCUT2D eigenvalue weighted by molar-refractivity contribution is 5.89. The molecule has 0 saturated heterocycles. The summed E-state index contributed by atoms with van der Waals surface area (Å²) in [5.74, 6) is -1.43. The van der Waals surface area contributed by atoms with Crippen LogP contribution in [0.15, 0.2) is 48.2 Å². The van der Waals surface area contributed by atoms with Crippen molar-refractivity contribution in [2.75, 3.05) is 0 Å². The zero-order valence-electron chi connectivity index (χ0n) is 23.4. The molecule has 0 heterocycles. The van der Waals surface area contributed by atoms with E-state index in [1.54, 1.807) is 6.92 Å². The normalized spacial score (nSPS) is 18.5. The van der Waals surface area contributed by atoms with Crippen molar-refractivity contribution in [1.82, 2.24) is 10.6 Å². The van der Waals surface area contributed by atoms with E-state index in [2.05, 4.69) is 61.7 Å². The summed E-state index contributed by atoms with van der Waals surface area (Å²) in [6.07, 6.45) is 9.83. The minimum atomic E-state index is -0.919. The van der Waals surface area contributed by atoms with Gasteiger partial charge in [0.25, 0.3) is 0 Å². The molecule has 0 spiro atoms. The van der Waals surface area contributed by atoms with E-state index in [1.165, 1.54) is 5.56 Å². The zero-order valence-corrected chi connectivity index (χ0v) is 23.4. The van der Waals surface area contributed by atoms with Crippen molar-refractivity contribution >= 4 is 17.8 Å². The Kier molecular flexibility index (Phi) is 12.1. The standard InChI is InChI=1S/C31H46N2O4/c1-7-22(5)25-13-10-24(11-14-25)12-15-26(19-23(6)31(36)37)29(34)33-28(18-20(2)3)30(35)32-27-16-8-21(4)9-17-27/h8,10-11,13-14,16-17,20-23,26,28H,7,9,12,15,18-19H2,1-6H3,(H,32,35)(H,33,34)(H,36,37)/t21?,22?,23-,26?,28?/m0/s1. The smallest absolute Gasteiger partial charge is 0.306 e. The Morgan fingerprint density at radius 2 is 1.70 bits per heavy atom. The summed E-state index contributed by atoms with van der Waals surface area (Å²) in [6.45, 7) is 12.1. The van der Waals surface area contributed by atoms with Crippen LogP contribution >= 0.6 is 0 Å². The first-order chi connectivity index (χ1) is 17.5. The van der Waals surface area contributed by atoms with E-state index in [-0.39, 0.29) is 24.2 Å². The Bertz CT molecular complexity index is 964. The number of carboxylic acids is 1. The van der Waals surface area contributed by atoms with E-state index in [0.717, 1.165) is 24.1 Å². The van der Waals surface area contributed by atoms with Gasteiger partial charge in [-0.15, -0.1) is 0 Å². The molecule has 1 aliphatic carbocycles. The summed E-state index contributed by atoms with van der Waals surface area (Å²) < 4.78 is 0. The average molecular weight is 511 g/mol. The molecule has 1 aromatic rings. The lowest BCUT2D eigenvalue weighted by Gasteiger charge is -2.25. The summed E-state index contributed by atoms with van der Waals surface area (Å²) in [4.78, 5) is 38.1. The Balaban J connectivity index is 2.12. The molecule has 0 aliphatic heterocycles. The number of hydrogen-bond donors (Lipinski definition) is 3. The maximum Gasteiger partial charge on any atom is 0.306 e. The third kappa shape index (κ3) is 10.2. The lowest BCUT2D eigenvalue weighted by Crippen LogP contribution is -2.49. The molecule has 0 aromatic heterocycles. The van der Waals surface area contributed by atoms with Crippen LogP contribution in [0.4, 0.5) is 0 Å². The molecule has 0 saturated carbocycles. The Morgan fingerprint density at radius 1 is 1.03 bits per heavy atom. The minimum Gasteiger partial charge on any atom is -0.481 e. The summed E-state index contributed by atoms with van der Waals surface area (Å²) in [5, 5.41) is 15.4. The van der Waals surface area contributed by atoms with Gasteiger partial charge in [-0.05, 0) is 73.5 Å². The van der Waals surface area contributed by atoms with E-state index in [0.29, 0.717) is 31.1 Å². The van der Waals surface area contributed by atoms with E-state index in [1.807, 2.05) is 26.0 Å². The second kappa shape index (κ2) is 14.7. The van der Waals surface area contributed by atoms with Crippen molar-refractivity contribution in [1.29, 1.82) is 0 Å². The third-order valence-corrected chi connectivity index (χ3v) is 7.29. The Labute approximate surface area is 223 Å². The molecule has 37 heavy (non-hydrogen) atoms. The van der Waals surface area contributed by atoms with Gasteiger partial charge in [-0.25, -0.2) is 0 Å². The van der Waals surface area contributed by atoms with Crippen LogP contribution in [-0.4, -0.2) is 28.9 Å². The molecule has 2 rings (SSSR count). The van der Waals surface area contributed by atoms with Gasteiger partial charge in [-0.1, -0.05) is 78.0 Å². The average Bonchev–Trinajstić information content (AvgIpc) is 2.86. The Morgan fingerprint density at radius 3 is 2.24 bits per heavy atom. The van der Waals surface area contributed by atoms with Crippen LogP contribution in [0.1, 0.15) is 90.7 Å². The number of carbonyl (C=O) groups is 3. The van der Waals surface area contributed by atoms with E-state index in [9.17, 15) is 19.5 Å². The largest absolute Gasteiger partial charge is 0.481 e. The second-order valence-electron chi connectivity index (χ2n) is 11.2. The first-order valence-corrected chi connectivity index (χ1v) is 13.8. The van der Waals surface area contributed by atoms with Crippen LogP contribution in [-0.2, 0) is 20.8 Å². The number of nitrogens with one attached hydrogen (secondary N) is 2. The molecule has 4 unspecified atom stereocenters. The number of rotatable bonds is 14. The van der Waals surface area contributed by atoms with Crippen molar-refractivity contribution in [3.63, 3.8) is 0 Å². The highest BCUT2D eigenvalue weighted by Gasteiger charge is 2.29. The van der Waals surface area contributed by atoms with Crippen molar-refractivity contribution in [2.24, 2.45) is 23.7 Å². The topological polar surface area (TPSA) is 95.5 Å². The van der Waals surface area contributed by atoms with Crippen LogP contribution in [0, 0.1) is 23.7 Å². The lowest BCUT2D eigenvalue weighted by molar-refractivity contribution is -0.142. The van der Waals surface area contributed by atoms with Gasteiger partial charge in [-0.2, -0.15) is 0 Å². The molecule has 0 radical (unpaired) electrons. The first-order valence-electron chi connectivity index (χ1n) is 13.8. The van der Waals surface area contributed by atoms with Crippen LogP contribution < -0.4 is 10.6 Å². The van der Waals surface area contributed by atoms with Gasteiger partial charge in [0.15, 0.2) is 0 Å². The zero-order chi connectivity index (χ0) is 27.5. The van der Waals surface area contributed by atoms with Crippen LogP contribution in [0.25, 0.3) is 0 Å². The van der Waals surface area contributed by atoms with E-state index in [4.69, 9.17) is 0 Å². The second-order valence-corrected chi connectivity index (χ2v) is 11.2. The molecule has 1 aliphatic rings. The van der Waals surface area contributed by atoms with Gasteiger partial charge in [0.2, 0.25) is 11.8 Å². The van der Waals surface area contributed by atoms with E-state index >= 15 is 0 Å². The molecule has 204 valence electrons. The van der Waals surface area contributed by atoms with Gasteiger partial charge in [0.05, 0.1) is 5.92 Å². The fourth-order valence-corrected chi connectivity index (χ4v) is 4.51. The van der Waals surface area contributed by atoms with Gasteiger partial charge in [0, 0.05) is 11.6 Å². The van der Waals surface area contributed by atoms with Gasteiger partial charge in [-0.3, -0.25) is 14.4 Å². The molecule has 3 N–H and O–H groups in total. The number of carboxylic acid groups (broad SMARTS) is 1. The first kappa shape index (κ1) is 30.3. The van der Waals surface area contributed by atoms with Gasteiger partial charge < -0.3 is 15.7 Å². The van der Waals surface area contributed by atoms with Crippen LogP contribution in [0.5, 0.6) is 0 Å². The molecule has 5 atom stereocenters. The quantitative estimate of drug-likeness (QED) is 0.287. The predicted molar refractivity (Wildman–Crippen MR) is 149 cm³/mol. The maximum absolute atomic E-state index is 13.4. The number of hydrogen-bond acceptors (Lipinski definition) is 3. The van der Waals surface area contributed by atoms with Crippen molar-refractivity contribution in [2.45, 2.75) is 92.0 Å². The Hall–Kier alpha value is -2.89. The molecular formula is C31H46N2O4. The SMILES string of the molecule is CCC(C)c1ccc(CCC(C[C@H](C)C(=O)O)C(=O)NC(CC(C)C)C(=O)NC2=CCC(C)C=C2)cc1. The molecule has 6 heteroatoms. The highest BCUT2D eigenvalue weighted by Crippen LogP contribution is 2.23. The predicted octanol–water partition coefficient (Wildman–Crippen LogP) is 5.99. The van der Waals surface area contributed by atoms with Gasteiger partial charge in [0.1, 0.15) is 6.04 Å². The van der Waals surface area contributed by atoms with Crippen molar-refractivity contribution in [3.8, 4) is 0 Å². The number of aryl methyl sites for hydroxylation is 1. The maximum atomic E-state index is 13.4. The summed E-state index contributed by atoms with van der Waals surface area (Å²) in [5.41, 5.74) is 3.16. The number of carbonyl (C=O) groups excluding carboxylic acids is 2. The van der Waals surface area contributed by atoms with Crippen molar-refractivity contribution < 1.29 is 19.5 Å². The molecule has 6 nitrogen and oxygen atoms in total. The monoisotopic (exact) mass is 510 g/mol. The number of allylic oxidation sites excluding steroid dienone is 3. The minimum absolute atomic E-state index is 0.201. The number of aliphatic carboxylic acids is 1. The van der Waals surface area contributed by atoms with E-state index < -0.39 is 23.8 Å². The van der Waals surface area contributed by atoms with Crippen LogP contribution in [0.3, 0.4) is 0 Å². The fraction of sp³-hybridized carbons (Fsp3) is 0.581. The number of amides is 2. The molecule has 0 fully saturated rings. The van der Waals surface area contributed by atoms with Gasteiger partial charge >= 0.3 is 5.97 Å². The fourth-order valence-electron chi connectivity index (χ4n) is 4.51. The lowest BCUT2D eigenvalue weighted by atomic mass is 9.88. The highest BCUT2D eigenvalue weighted by atomic mass is 16.4. The summed E-state index contributed by atoms with van der Waals surface area (Å²) in [7, 11) is 0. The molecule has 0 bridgehead atoms. The molecule has 1 aromatic carbocycles. The van der Waals surface area contributed by atoms with Crippen LogP contribution in [0.2, 0.25) is 0 Å². The molecular weight excluding hydrogens is 464 g/mol.